The quantitative estimate of drug-likeness (QED) is 0.0255. The lowest BCUT2D eigenvalue weighted by atomic mass is 10.1. The highest BCUT2D eigenvalue weighted by atomic mass is 32.2. The molecule has 0 atom stereocenters. The van der Waals surface area contributed by atoms with Gasteiger partial charge in [-0.1, -0.05) is 12.1 Å². The number of phenolic OH excluding ortho intramolecular Hbond substituents is 3. The standard InChI is InChI=1S/2C12H15NO3S.C11H10O4.C11H10O3S.C9H10O3.C9H10O2S.C9H8O2.C9H8OS/c1-8-5-9(7-14)11(10(6-8)16-4)17-12(15)13(2)3;1-8-5-9(7-14)11(10(6-8)15-4)16-12(17)13(2)3;2*1-6-3-7-5-9(11(12)13)15-10(7)8(4-6)14-2;1-6-3-7(5-10)9(11)8(4-6)12-2;1-6-3-7(5-10)9(12)8(4-6)11-2;2*1-6-4-7-2-3-11-9(7)8(10)5-6/h2*5-7H,1-4H3;2*3-5H,1-2H3,(H,12,13);3-5,11H,1-2H3;3-5,12H,1-2H3;2*2-5,10H,1H3. The topological polar surface area (TPSA) is 318 Å². The van der Waals surface area contributed by atoms with E-state index in [9.17, 15) is 48.9 Å². The number of carboxylic acids is 2. The fourth-order valence-electron chi connectivity index (χ4n) is 10.1. The van der Waals surface area contributed by atoms with Crippen LogP contribution in [0.4, 0.5) is 4.79 Å². The van der Waals surface area contributed by atoms with Gasteiger partial charge in [-0.2, -0.15) is 0 Å². The average Bonchev–Trinajstić information content (AvgIpc) is 1.56. The Labute approximate surface area is 659 Å². The minimum absolute atomic E-state index is 0.0751. The maximum absolute atomic E-state index is 11.7. The van der Waals surface area contributed by atoms with Gasteiger partial charge in [0.1, 0.15) is 27.9 Å². The predicted octanol–water partition coefficient (Wildman–Crippen LogP) is 19.0. The van der Waals surface area contributed by atoms with Crippen LogP contribution in [0.15, 0.2) is 152 Å². The molecule has 12 rings (SSSR count). The minimum Gasteiger partial charge on any atom is -0.506 e. The van der Waals surface area contributed by atoms with Crippen molar-refractivity contribution in [2.75, 3.05) is 70.8 Å². The first-order chi connectivity index (χ1) is 52.1. The van der Waals surface area contributed by atoms with Crippen molar-refractivity contribution in [3.63, 3.8) is 0 Å². The van der Waals surface area contributed by atoms with Crippen molar-refractivity contribution in [3.8, 4) is 57.5 Å². The number of aromatic hydroxyl groups is 3. The van der Waals surface area contributed by atoms with Crippen LogP contribution >= 0.6 is 59.3 Å². The molecule has 0 saturated heterocycles. The molecular formula is C82H86N2O21S5. The molecule has 0 bridgehead atoms. The number of methoxy groups -OCH3 is 6. The number of benzene rings is 8. The summed E-state index contributed by atoms with van der Waals surface area (Å²) >= 11 is 13.0. The van der Waals surface area contributed by atoms with Crippen molar-refractivity contribution in [1.82, 2.24) is 9.80 Å². The van der Waals surface area contributed by atoms with Crippen molar-refractivity contribution in [2.45, 2.75) is 65.2 Å². The average molecular weight is 1600 g/mol. The van der Waals surface area contributed by atoms with Gasteiger partial charge in [-0.25, -0.2) is 9.59 Å². The van der Waals surface area contributed by atoms with E-state index in [1.54, 1.807) is 132 Å². The summed E-state index contributed by atoms with van der Waals surface area (Å²) in [6.07, 6.45) is 4.41. The van der Waals surface area contributed by atoms with Crippen molar-refractivity contribution in [2.24, 2.45) is 0 Å². The lowest BCUT2D eigenvalue weighted by molar-refractivity contribution is 0.0661. The summed E-state index contributed by atoms with van der Waals surface area (Å²) in [7, 11) is 16.0. The SMILES string of the molecule is COc1cc(C)cc(C=O)c1O.COc1cc(C)cc(C=O)c1OC(=S)N(C)C.COc1cc(C)cc(C=O)c1S.COc1cc(C)cc(C=O)c1SC(=O)N(C)C.COc1cc(C)cc2cc(C(=O)O)oc12.COc1cc(C)cc2cc(C(=O)O)sc12.Cc1cc(O)c2occc2c1.Cc1cc(O)c2sccc2c1. The molecule has 580 valence electrons. The molecule has 110 heavy (non-hydrogen) atoms. The van der Waals surface area contributed by atoms with E-state index in [-0.39, 0.29) is 33.2 Å². The number of fused-ring (bicyclic) bond motifs is 4. The molecule has 12 aromatic rings. The number of thiophene rings is 2. The van der Waals surface area contributed by atoms with Crippen LogP contribution in [0.3, 0.4) is 0 Å². The van der Waals surface area contributed by atoms with Crippen LogP contribution in [0.2, 0.25) is 0 Å². The molecule has 0 fully saturated rings. The summed E-state index contributed by atoms with van der Waals surface area (Å²) in [4.78, 5) is 80.8. The van der Waals surface area contributed by atoms with Gasteiger partial charge in [0.05, 0.1) is 79.2 Å². The second-order valence-corrected chi connectivity index (χ2v) is 28.2. The Morgan fingerprint density at radius 1 is 0.473 bits per heavy atom. The first-order valence-electron chi connectivity index (χ1n) is 32.8. The van der Waals surface area contributed by atoms with Gasteiger partial charge in [0.15, 0.2) is 70.8 Å². The molecule has 0 radical (unpaired) electrons. The van der Waals surface area contributed by atoms with Gasteiger partial charge in [0, 0.05) is 50.1 Å². The number of rotatable bonds is 14. The zero-order chi connectivity index (χ0) is 82.0. The Kier molecular flexibility index (Phi) is 34.2. The van der Waals surface area contributed by atoms with Crippen LogP contribution in [0.1, 0.15) is 106 Å². The molecule has 0 aliphatic rings. The summed E-state index contributed by atoms with van der Waals surface area (Å²) in [6, 6.07) is 36.0. The van der Waals surface area contributed by atoms with Crippen LogP contribution < -0.4 is 33.2 Å². The number of amides is 1. The Balaban J connectivity index is 0.000000226. The highest BCUT2D eigenvalue weighted by molar-refractivity contribution is 8.13. The summed E-state index contributed by atoms with van der Waals surface area (Å²) in [5, 5.41) is 51.7. The number of thiol groups is 1. The van der Waals surface area contributed by atoms with E-state index in [0.717, 1.165) is 112 Å². The molecule has 0 aliphatic carbocycles. The fraction of sp³-hybridized carbons (Fsp3) is 0.220. The van der Waals surface area contributed by atoms with E-state index < -0.39 is 11.9 Å². The van der Waals surface area contributed by atoms with Gasteiger partial charge in [0.25, 0.3) is 10.4 Å². The van der Waals surface area contributed by atoms with E-state index in [1.807, 2.05) is 103 Å². The molecule has 0 aliphatic heterocycles. The van der Waals surface area contributed by atoms with Crippen molar-refractivity contribution < 1.29 is 101 Å². The van der Waals surface area contributed by atoms with E-state index in [4.69, 9.17) is 64.4 Å². The Morgan fingerprint density at radius 2 is 0.936 bits per heavy atom. The number of hydrogen-bond acceptors (Lipinski definition) is 24. The Morgan fingerprint density at radius 3 is 1.47 bits per heavy atom. The van der Waals surface area contributed by atoms with Gasteiger partial charge < -0.3 is 77.3 Å². The zero-order valence-electron chi connectivity index (χ0n) is 63.8. The number of aryl methyl sites for hydroxylation is 8. The molecule has 4 aromatic heterocycles. The smallest absolute Gasteiger partial charge is 0.371 e. The van der Waals surface area contributed by atoms with Crippen molar-refractivity contribution >= 4 is 149 Å². The largest absolute Gasteiger partial charge is 0.506 e. The van der Waals surface area contributed by atoms with Gasteiger partial charge in [-0.05, 0) is 249 Å². The highest BCUT2D eigenvalue weighted by Gasteiger charge is 2.20. The summed E-state index contributed by atoms with van der Waals surface area (Å²) in [6.45, 7) is 15.3. The van der Waals surface area contributed by atoms with E-state index >= 15 is 0 Å². The predicted molar refractivity (Wildman–Crippen MR) is 439 cm³/mol. The number of thioether (sulfide) groups is 1. The molecule has 4 heterocycles. The summed E-state index contributed by atoms with van der Waals surface area (Å²) in [5.41, 5.74) is 10.7. The molecule has 0 saturated carbocycles. The van der Waals surface area contributed by atoms with Gasteiger partial charge >= 0.3 is 11.9 Å². The first-order valence-corrected chi connectivity index (χ1v) is 36.2. The Hall–Kier alpha value is -11.6. The highest BCUT2D eigenvalue weighted by Crippen LogP contribution is 2.39. The molecule has 23 nitrogen and oxygen atoms in total. The van der Waals surface area contributed by atoms with Crippen molar-refractivity contribution in [3.05, 3.63) is 210 Å². The normalized spacial score (nSPS) is 10.1. The minimum atomic E-state index is -1.08. The number of nitrogens with zero attached hydrogens (tertiary/aromatic N) is 2. The number of carbonyl (C=O) groups excluding carboxylic acids is 5. The van der Waals surface area contributed by atoms with E-state index in [2.05, 4.69) is 18.7 Å². The number of ether oxygens (including phenoxy) is 7. The van der Waals surface area contributed by atoms with E-state index in [1.165, 1.54) is 50.7 Å². The lowest BCUT2D eigenvalue weighted by Gasteiger charge is -2.17. The molecule has 8 aromatic carbocycles. The number of aromatic carboxylic acids is 2. The number of hydrogen-bond donors (Lipinski definition) is 6. The maximum Gasteiger partial charge on any atom is 0.371 e. The molecular weight excluding hydrogens is 1510 g/mol. The number of furan rings is 2. The monoisotopic (exact) mass is 1590 g/mol. The lowest BCUT2D eigenvalue weighted by Crippen LogP contribution is -2.25. The third-order valence-corrected chi connectivity index (χ3v) is 19.3. The number of phenols is 3. The number of carboxylic acid groups (broad SMARTS) is 2. The Bertz CT molecular complexity index is 4940. The van der Waals surface area contributed by atoms with Crippen LogP contribution in [0, 0.1) is 55.4 Å². The number of carbonyl (C=O) groups is 7. The van der Waals surface area contributed by atoms with Crippen LogP contribution in [0.25, 0.3) is 42.1 Å². The van der Waals surface area contributed by atoms with Gasteiger partial charge in [-0.15, -0.1) is 35.3 Å². The van der Waals surface area contributed by atoms with Crippen LogP contribution in [-0.4, -0.2) is 154 Å². The fourth-order valence-corrected chi connectivity index (χ4v) is 13.0. The third kappa shape index (κ3) is 24.7. The number of aldehydes is 4. The molecule has 0 unspecified atom stereocenters. The van der Waals surface area contributed by atoms with Crippen LogP contribution in [0.5, 0.6) is 57.5 Å². The molecule has 0 spiro atoms. The van der Waals surface area contributed by atoms with Gasteiger partial charge in [-0.3, -0.25) is 24.0 Å². The molecule has 5 N–H and O–H groups in total. The second kappa shape index (κ2) is 42.3. The second-order valence-electron chi connectivity index (χ2n) is 24.4. The molecule has 1 amide bonds. The van der Waals surface area contributed by atoms with E-state index in [0.29, 0.717) is 89.1 Å². The molecule has 28 heteroatoms. The van der Waals surface area contributed by atoms with Crippen LogP contribution in [-0.2, 0) is 0 Å². The third-order valence-electron chi connectivity index (χ3n) is 15.1. The maximum atomic E-state index is 11.7. The number of thiocarbonyl (C=S) groups is 1. The zero-order valence-corrected chi connectivity index (χ0v) is 67.9. The summed E-state index contributed by atoms with van der Waals surface area (Å²) in [5.74, 6) is 2.13. The summed E-state index contributed by atoms with van der Waals surface area (Å²) < 4.78 is 48.2. The van der Waals surface area contributed by atoms with Crippen molar-refractivity contribution in [1.29, 1.82) is 0 Å². The van der Waals surface area contributed by atoms with Gasteiger partial charge in [0.2, 0.25) is 5.76 Å². The first kappa shape index (κ1) is 89.1.